The molecule has 110 valence electrons. The average Bonchev–Trinajstić information content (AvgIpc) is 2.94. The van der Waals surface area contributed by atoms with Gasteiger partial charge in [0.05, 0.1) is 11.4 Å². The van der Waals surface area contributed by atoms with Gasteiger partial charge < -0.3 is 10.3 Å². The van der Waals surface area contributed by atoms with E-state index in [1.54, 1.807) is 18.2 Å². The molecule has 5 heteroatoms. The molecule has 0 atom stereocenters. The summed E-state index contributed by atoms with van der Waals surface area (Å²) in [5.74, 6) is -0.243. The van der Waals surface area contributed by atoms with Crippen molar-refractivity contribution in [2.75, 3.05) is 5.32 Å². The van der Waals surface area contributed by atoms with E-state index in [4.69, 9.17) is 0 Å². The van der Waals surface area contributed by atoms with E-state index in [0.717, 1.165) is 15.4 Å². The zero-order chi connectivity index (χ0) is 15.7. The second kappa shape index (κ2) is 5.77. The summed E-state index contributed by atoms with van der Waals surface area (Å²) >= 11 is 3.42. The molecule has 3 aromatic rings. The Morgan fingerprint density at radius 1 is 1.09 bits per heavy atom. The lowest BCUT2D eigenvalue weighted by Crippen LogP contribution is -2.06. The number of carbonyl (C=O) groups excluding carboxylic acids is 2. The van der Waals surface area contributed by atoms with Crippen LogP contribution in [0.15, 0.2) is 53.0 Å². The van der Waals surface area contributed by atoms with Crippen LogP contribution in [0.2, 0.25) is 0 Å². The van der Waals surface area contributed by atoms with Crippen molar-refractivity contribution in [2.24, 2.45) is 0 Å². The summed E-state index contributed by atoms with van der Waals surface area (Å²) in [6, 6.07) is 14.5. The number of aromatic nitrogens is 1. The van der Waals surface area contributed by atoms with E-state index in [-0.39, 0.29) is 11.7 Å². The lowest BCUT2D eigenvalue weighted by atomic mass is 10.1. The number of rotatable bonds is 3. The normalized spacial score (nSPS) is 10.6. The number of halogens is 1. The SMILES string of the molecule is CC(=O)Nc1c(Br)ccc2[nH]c(C(=O)c3ccccc3)cc12. The maximum absolute atomic E-state index is 12.5. The summed E-state index contributed by atoms with van der Waals surface area (Å²) < 4.78 is 0.771. The van der Waals surface area contributed by atoms with Crippen molar-refractivity contribution in [1.29, 1.82) is 0 Å². The Hall–Kier alpha value is -2.40. The number of hydrogen-bond acceptors (Lipinski definition) is 2. The Balaban J connectivity index is 2.10. The van der Waals surface area contributed by atoms with Gasteiger partial charge in [-0.15, -0.1) is 0 Å². The van der Waals surface area contributed by atoms with Gasteiger partial charge in [-0.25, -0.2) is 0 Å². The lowest BCUT2D eigenvalue weighted by Gasteiger charge is -2.06. The second-order valence-corrected chi connectivity index (χ2v) is 5.80. The number of H-pyrrole nitrogens is 1. The number of hydrogen-bond donors (Lipinski definition) is 2. The predicted molar refractivity (Wildman–Crippen MR) is 90.2 cm³/mol. The summed E-state index contributed by atoms with van der Waals surface area (Å²) in [5, 5.41) is 3.59. The molecule has 3 rings (SSSR count). The third-order valence-corrected chi connectivity index (χ3v) is 4.00. The summed E-state index contributed by atoms with van der Waals surface area (Å²) in [6.45, 7) is 1.45. The largest absolute Gasteiger partial charge is 0.352 e. The molecule has 0 aliphatic heterocycles. The van der Waals surface area contributed by atoms with Crippen LogP contribution in [0.5, 0.6) is 0 Å². The molecule has 0 saturated carbocycles. The highest BCUT2D eigenvalue weighted by molar-refractivity contribution is 9.10. The van der Waals surface area contributed by atoms with Crippen LogP contribution in [0.25, 0.3) is 10.9 Å². The van der Waals surface area contributed by atoms with Gasteiger partial charge in [0.25, 0.3) is 0 Å². The number of nitrogens with one attached hydrogen (secondary N) is 2. The average molecular weight is 357 g/mol. The molecule has 4 nitrogen and oxygen atoms in total. The van der Waals surface area contributed by atoms with E-state index >= 15 is 0 Å². The number of ketones is 1. The van der Waals surface area contributed by atoms with E-state index in [9.17, 15) is 9.59 Å². The lowest BCUT2D eigenvalue weighted by molar-refractivity contribution is -0.114. The van der Waals surface area contributed by atoms with Crippen LogP contribution in [0.3, 0.4) is 0 Å². The van der Waals surface area contributed by atoms with Gasteiger partial charge in [0.2, 0.25) is 11.7 Å². The molecule has 2 N–H and O–H groups in total. The Morgan fingerprint density at radius 2 is 1.82 bits per heavy atom. The van der Waals surface area contributed by atoms with Gasteiger partial charge in [-0.1, -0.05) is 30.3 Å². The highest BCUT2D eigenvalue weighted by atomic mass is 79.9. The molecule has 0 saturated heterocycles. The van der Waals surface area contributed by atoms with Crippen molar-refractivity contribution in [1.82, 2.24) is 4.98 Å². The first-order valence-electron chi connectivity index (χ1n) is 6.75. The maximum Gasteiger partial charge on any atom is 0.221 e. The predicted octanol–water partition coefficient (Wildman–Crippen LogP) is 4.12. The molecular formula is C17H13BrN2O2. The molecule has 0 unspecified atom stereocenters. The Kier molecular flexibility index (Phi) is 3.81. The fourth-order valence-corrected chi connectivity index (χ4v) is 2.79. The number of fused-ring (bicyclic) bond motifs is 1. The van der Waals surface area contributed by atoms with Crippen LogP contribution in [-0.2, 0) is 4.79 Å². The molecule has 0 radical (unpaired) electrons. The zero-order valence-corrected chi connectivity index (χ0v) is 13.4. The Morgan fingerprint density at radius 3 is 2.50 bits per heavy atom. The zero-order valence-electron chi connectivity index (χ0n) is 11.8. The van der Waals surface area contributed by atoms with Gasteiger partial charge in [-0.3, -0.25) is 9.59 Å². The number of aromatic amines is 1. The molecule has 1 heterocycles. The molecule has 0 bridgehead atoms. The first-order valence-corrected chi connectivity index (χ1v) is 7.54. The van der Waals surface area contributed by atoms with Crippen molar-refractivity contribution in [3.63, 3.8) is 0 Å². The van der Waals surface area contributed by atoms with E-state index in [0.29, 0.717) is 16.9 Å². The van der Waals surface area contributed by atoms with Crippen molar-refractivity contribution >= 4 is 44.2 Å². The fourth-order valence-electron chi connectivity index (χ4n) is 2.35. The fraction of sp³-hybridized carbons (Fsp3) is 0.0588. The second-order valence-electron chi connectivity index (χ2n) is 4.94. The van der Waals surface area contributed by atoms with E-state index in [2.05, 4.69) is 26.2 Å². The smallest absolute Gasteiger partial charge is 0.221 e. The topological polar surface area (TPSA) is 62.0 Å². The quantitative estimate of drug-likeness (QED) is 0.693. The summed E-state index contributed by atoms with van der Waals surface area (Å²) in [4.78, 5) is 27.0. The molecule has 0 spiro atoms. The van der Waals surface area contributed by atoms with Crippen LogP contribution in [-0.4, -0.2) is 16.7 Å². The minimum Gasteiger partial charge on any atom is -0.352 e. The van der Waals surface area contributed by atoms with Crippen LogP contribution >= 0.6 is 15.9 Å². The third-order valence-electron chi connectivity index (χ3n) is 3.33. The van der Waals surface area contributed by atoms with Gasteiger partial charge in [-0.2, -0.15) is 0 Å². The van der Waals surface area contributed by atoms with E-state index in [1.807, 2.05) is 30.3 Å². The number of benzene rings is 2. The molecule has 1 amide bonds. The number of anilines is 1. The van der Waals surface area contributed by atoms with Gasteiger partial charge in [0.15, 0.2) is 0 Å². The molecule has 0 aliphatic carbocycles. The van der Waals surface area contributed by atoms with E-state index in [1.165, 1.54) is 6.92 Å². The minimum atomic E-state index is -0.162. The molecule has 0 fully saturated rings. The molecule has 22 heavy (non-hydrogen) atoms. The molecule has 1 aromatic heterocycles. The van der Waals surface area contributed by atoms with Gasteiger partial charge >= 0.3 is 0 Å². The Labute approximate surface area is 135 Å². The first kappa shape index (κ1) is 14.5. The number of amides is 1. The van der Waals surface area contributed by atoms with Crippen LogP contribution in [0, 0.1) is 0 Å². The van der Waals surface area contributed by atoms with Crippen molar-refractivity contribution < 1.29 is 9.59 Å². The standard InChI is InChI=1S/C17H13BrN2O2/c1-10(21)19-16-12-9-15(20-14(12)8-7-13(16)18)17(22)11-5-3-2-4-6-11/h2-9,20H,1H3,(H,19,21). The van der Waals surface area contributed by atoms with Crippen LogP contribution in [0.4, 0.5) is 5.69 Å². The molecule has 0 aliphatic rings. The molecular weight excluding hydrogens is 344 g/mol. The molecule has 2 aromatic carbocycles. The summed E-state index contributed by atoms with van der Waals surface area (Å²) in [7, 11) is 0. The van der Waals surface area contributed by atoms with Crippen molar-refractivity contribution in [2.45, 2.75) is 6.92 Å². The summed E-state index contributed by atoms with van der Waals surface area (Å²) in [6.07, 6.45) is 0. The van der Waals surface area contributed by atoms with Gasteiger partial charge in [0.1, 0.15) is 0 Å². The number of carbonyl (C=O) groups is 2. The maximum atomic E-state index is 12.5. The Bertz CT molecular complexity index is 869. The highest BCUT2D eigenvalue weighted by Crippen LogP contribution is 2.32. The third kappa shape index (κ3) is 2.67. The van der Waals surface area contributed by atoms with Crippen molar-refractivity contribution in [3.05, 3.63) is 64.3 Å². The van der Waals surface area contributed by atoms with Crippen LogP contribution in [0.1, 0.15) is 23.0 Å². The minimum absolute atomic E-state index is 0.0818. The van der Waals surface area contributed by atoms with Crippen molar-refractivity contribution in [3.8, 4) is 0 Å². The highest BCUT2D eigenvalue weighted by Gasteiger charge is 2.15. The van der Waals surface area contributed by atoms with Gasteiger partial charge in [-0.05, 0) is 34.1 Å². The first-order chi connectivity index (χ1) is 10.6. The van der Waals surface area contributed by atoms with Gasteiger partial charge in [0, 0.05) is 27.9 Å². The van der Waals surface area contributed by atoms with Crippen LogP contribution < -0.4 is 5.32 Å². The van der Waals surface area contributed by atoms with E-state index < -0.39 is 0 Å². The summed E-state index contributed by atoms with van der Waals surface area (Å²) in [5.41, 5.74) is 2.57. The monoisotopic (exact) mass is 356 g/mol.